The van der Waals surface area contributed by atoms with Gasteiger partial charge in [0.1, 0.15) is 5.82 Å². The molecule has 1 N–H and O–H groups in total. The third-order valence-electron chi connectivity index (χ3n) is 3.10. The zero-order valence-electron chi connectivity index (χ0n) is 11.1. The lowest BCUT2D eigenvalue weighted by Crippen LogP contribution is -2.49. The largest absolute Gasteiger partial charge is 0.349 e. The zero-order chi connectivity index (χ0) is 13.2. The van der Waals surface area contributed by atoms with Crippen LogP contribution in [-0.2, 0) is 9.47 Å². The quantitative estimate of drug-likeness (QED) is 0.898. The van der Waals surface area contributed by atoms with E-state index in [1.54, 1.807) is 12.1 Å². The summed E-state index contributed by atoms with van der Waals surface area (Å²) in [6, 6.07) is 6.84. The lowest BCUT2D eigenvalue weighted by Gasteiger charge is -2.36. The molecule has 4 heteroatoms. The van der Waals surface area contributed by atoms with Gasteiger partial charge in [-0.2, -0.15) is 0 Å². The molecule has 1 heterocycles. The normalized spacial score (nSPS) is 21.8. The first-order chi connectivity index (χ1) is 8.46. The van der Waals surface area contributed by atoms with Crippen molar-refractivity contribution in [2.75, 3.05) is 13.2 Å². The third kappa shape index (κ3) is 3.51. The van der Waals surface area contributed by atoms with Crippen LogP contribution in [0.1, 0.15) is 32.4 Å². The van der Waals surface area contributed by atoms with Crippen LogP contribution in [0.3, 0.4) is 0 Å². The summed E-state index contributed by atoms with van der Waals surface area (Å²) in [5.41, 5.74) is 0.930. The van der Waals surface area contributed by atoms with E-state index in [1.807, 2.05) is 26.8 Å². The lowest BCUT2D eigenvalue weighted by molar-refractivity contribution is -0.253. The number of halogens is 1. The minimum Gasteiger partial charge on any atom is -0.349 e. The molecule has 1 saturated heterocycles. The van der Waals surface area contributed by atoms with Crippen molar-refractivity contribution in [3.05, 3.63) is 35.6 Å². The Bertz CT molecular complexity index is 399. The van der Waals surface area contributed by atoms with Crippen molar-refractivity contribution in [2.45, 2.75) is 38.6 Å². The van der Waals surface area contributed by atoms with Crippen molar-refractivity contribution in [3.63, 3.8) is 0 Å². The highest BCUT2D eigenvalue weighted by Gasteiger charge is 2.28. The first-order valence-electron chi connectivity index (χ1n) is 6.26. The van der Waals surface area contributed by atoms with Crippen LogP contribution in [0, 0.1) is 5.82 Å². The van der Waals surface area contributed by atoms with E-state index in [2.05, 4.69) is 5.32 Å². The molecule has 1 aromatic rings. The van der Waals surface area contributed by atoms with Crippen LogP contribution in [0.2, 0.25) is 0 Å². The molecular weight excluding hydrogens is 233 g/mol. The van der Waals surface area contributed by atoms with E-state index in [9.17, 15) is 4.39 Å². The molecular formula is C14H20FNO2. The third-order valence-corrected chi connectivity index (χ3v) is 3.10. The molecule has 1 atom stereocenters. The van der Waals surface area contributed by atoms with Gasteiger partial charge in [0, 0.05) is 6.04 Å². The van der Waals surface area contributed by atoms with E-state index < -0.39 is 5.79 Å². The van der Waals surface area contributed by atoms with Crippen LogP contribution >= 0.6 is 0 Å². The van der Waals surface area contributed by atoms with Crippen LogP contribution in [0.5, 0.6) is 0 Å². The molecule has 0 amide bonds. The predicted molar refractivity (Wildman–Crippen MR) is 67.7 cm³/mol. The van der Waals surface area contributed by atoms with Gasteiger partial charge in [0.15, 0.2) is 5.79 Å². The van der Waals surface area contributed by atoms with Gasteiger partial charge in [-0.1, -0.05) is 12.1 Å². The summed E-state index contributed by atoms with van der Waals surface area (Å²) in [6.45, 7) is 7.02. The molecule has 0 spiro atoms. The molecule has 100 valence electrons. The molecule has 0 aromatic heterocycles. The van der Waals surface area contributed by atoms with Crippen LogP contribution in [-0.4, -0.2) is 25.0 Å². The molecule has 1 unspecified atom stereocenters. The number of nitrogens with one attached hydrogen (secondary N) is 1. The van der Waals surface area contributed by atoms with E-state index in [0.717, 1.165) is 5.56 Å². The maximum absolute atomic E-state index is 13.1. The van der Waals surface area contributed by atoms with Crippen molar-refractivity contribution in [1.29, 1.82) is 0 Å². The zero-order valence-corrected chi connectivity index (χ0v) is 11.1. The molecule has 0 radical (unpaired) electrons. The minimum atomic E-state index is -0.500. The Morgan fingerprint density at radius 3 is 2.61 bits per heavy atom. The Balaban J connectivity index is 1.90. The van der Waals surface area contributed by atoms with Crippen molar-refractivity contribution in [2.24, 2.45) is 0 Å². The Kier molecular flexibility index (Phi) is 4.00. The van der Waals surface area contributed by atoms with Crippen LogP contribution in [0.25, 0.3) is 0 Å². The summed E-state index contributed by atoms with van der Waals surface area (Å²) >= 11 is 0. The van der Waals surface area contributed by atoms with Crippen molar-refractivity contribution in [3.8, 4) is 0 Å². The van der Waals surface area contributed by atoms with Gasteiger partial charge in [-0.3, -0.25) is 0 Å². The highest BCUT2D eigenvalue weighted by Crippen LogP contribution is 2.20. The van der Waals surface area contributed by atoms with Crippen molar-refractivity contribution in [1.82, 2.24) is 5.32 Å². The van der Waals surface area contributed by atoms with Gasteiger partial charge in [-0.15, -0.1) is 0 Å². The second-order valence-electron chi connectivity index (χ2n) is 5.16. The monoisotopic (exact) mass is 253 g/mol. The molecule has 0 saturated carbocycles. The average molecular weight is 253 g/mol. The first-order valence-corrected chi connectivity index (χ1v) is 6.26. The Hall–Kier alpha value is -0.970. The molecule has 0 bridgehead atoms. The molecule has 2 rings (SSSR count). The summed E-state index contributed by atoms with van der Waals surface area (Å²) < 4.78 is 24.3. The number of benzene rings is 1. The minimum absolute atomic E-state index is 0.0686. The summed E-state index contributed by atoms with van der Waals surface area (Å²) in [6.07, 6.45) is 0. The lowest BCUT2D eigenvalue weighted by atomic mass is 10.1. The number of ether oxygens (including phenoxy) is 2. The highest BCUT2D eigenvalue weighted by molar-refractivity contribution is 5.19. The molecule has 1 fully saturated rings. The maximum Gasteiger partial charge on any atom is 0.162 e. The van der Waals surface area contributed by atoms with E-state index >= 15 is 0 Å². The summed E-state index contributed by atoms with van der Waals surface area (Å²) in [5.74, 6) is -0.710. The van der Waals surface area contributed by atoms with E-state index in [-0.39, 0.29) is 17.9 Å². The van der Waals surface area contributed by atoms with E-state index in [0.29, 0.717) is 13.2 Å². The molecule has 18 heavy (non-hydrogen) atoms. The summed E-state index contributed by atoms with van der Waals surface area (Å²) in [5, 5.41) is 3.38. The average Bonchev–Trinajstić information content (AvgIpc) is 2.32. The Morgan fingerprint density at radius 2 is 2.00 bits per heavy atom. The first kappa shape index (κ1) is 13.5. The Morgan fingerprint density at radius 1 is 1.33 bits per heavy atom. The van der Waals surface area contributed by atoms with Gasteiger partial charge in [-0.25, -0.2) is 4.39 Å². The van der Waals surface area contributed by atoms with Crippen molar-refractivity contribution >= 4 is 0 Å². The van der Waals surface area contributed by atoms with Crippen LogP contribution in [0.4, 0.5) is 4.39 Å². The van der Waals surface area contributed by atoms with Gasteiger partial charge >= 0.3 is 0 Å². The Labute approximate surface area is 107 Å². The fourth-order valence-electron chi connectivity index (χ4n) is 2.01. The summed E-state index contributed by atoms with van der Waals surface area (Å²) in [7, 11) is 0. The van der Waals surface area contributed by atoms with Crippen molar-refractivity contribution < 1.29 is 13.9 Å². The molecule has 0 aliphatic carbocycles. The molecule has 1 aromatic carbocycles. The van der Waals surface area contributed by atoms with Gasteiger partial charge in [0.2, 0.25) is 0 Å². The smallest absolute Gasteiger partial charge is 0.162 e. The fourth-order valence-corrected chi connectivity index (χ4v) is 2.01. The molecule has 3 nitrogen and oxygen atoms in total. The SMILES string of the molecule is CC(NC1COC(C)(C)OC1)c1cccc(F)c1. The number of hydrogen-bond donors (Lipinski definition) is 1. The molecule has 1 aliphatic heterocycles. The second kappa shape index (κ2) is 5.34. The maximum atomic E-state index is 13.1. The standard InChI is InChI=1S/C14H20FNO2/c1-10(11-5-4-6-12(15)7-11)16-13-8-17-14(2,3)18-9-13/h4-7,10,13,16H,8-9H2,1-3H3. The fraction of sp³-hybridized carbons (Fsp3) is 0.571. The number of rotatable bonds is 3. The van der Waals surface area contributed by atoms with Gasteiger partial charge in [0.25, 0.3) is 0 Å². The second-order valence-corrected chi connectivity index (χ2v) is 5.16. The summed E-state index contributed by atoms with van der Waals surface area (Å²) in [4.78, 5) is 0. The van der Waals surface area contributed by atoms with Crippen LogP contribution < -0.4 is 5.32 Å². The van der Waals surface area contributed by atoms with Gasteiger partial charge in [0.05, 0.1) is 19.3 Å². The topological polar surface area (TPSA) is 30.5 Å². The van der Waals surface area contributed by atoms with Gasteiger partial charge in [-0.05, 0) is 38.5 Å². The van der Waals surface area contributed by atoms with E-state index in [1.165, 1.54) is 6.07 Å². The number of hydrogen-bond acceptors (Lipinski definition) is 3. The van der Waals surface area contributed by atoms with Gasteiger partial charge < -0.3 is 14.8 Å². The molecule has 1 aliphatic rings. The highest BCUT2D eigenvalue weighted by atomic mass is 19.1. The predicted octanol–water partition coefficient (Wildman–Crippen LogP) is 2.63. The van der Waals surface area contributed by atoms with Crippen LogP contribution in [0.15, 0.2) is 24.3 Å². The van der Waals surface area contributed by atoms with E-state index in [4.69, 9.17) is 9.47 Å².